The molecule has 8 nitrogen and oxygen atoms in total. The summed E-state index contributed by atoms with van der Waals surface area (Å²) >= 11 is 0. The van der Waals surface area contributed by atoms with Gasteiger partial charge in [-0.1, -0.05) is 12.2 Å². The number of hydrogen-bond acceptors (Lipinski definition) is 6. The Hall–Kier alpha value is -2.87. The Labute approximate surface area is 187 Å². The molecule has 4 aliphatic rings. The van der Waals surface area contributed by atoms with Gasteiger partial charge in [-0.05, 0) is 44.0 Å². The number of carbonyl (C=O) groups excluding carboxylic acids is 3. The van der Waals surface area contributed by atoms with E-state index in [0.29, 0.717) is 39.1 Å². The highest BCUT2D eigenvalue weighted by molar-refractivity contribution is 6.03. The molecule has 1 aromatic carbocycles. The van der Waals surface area contributed by atoms with Crippen LogP contribution in [0.15, 0.2) is 36.4 Å². The van der Waals surface area contributed by atoms with Crippen molar-refractivity contribution in [3.05, 3.63) is 36.4 Å². The normalized spacial score (nSPS) is 31.2. The number of fused-ring (bicyclic) bond motifs is 1. The summed E-state index contributed by atoms with van der Waals surface area (Å²) in [6, 6.07) is 7.33. The number of ether oxygens (including phenoxy) is 3. The number of amides is 2. The fourth-order valence-corrected chi connectivity index (χ4v) is 5.57. The first-order valence-electron chi connectivity index (χ1n) is 11.3. The summed E-state index contributed by atoms with van der Waals surface area (Å²) in [5.41, 5.74) is 0.00658. The molecule has 0 aliphatic carbocycles. The molecule has 3 fully saturated rings. The maximum atomic E-state index is 13.5. The van der Waals surface area contributed by atoms with E-state index < -0.39 is 17.4 Å². The highest BCUT2D eigenvalue weighted by Crippen LogP contribution is 2.53. The molecule has 4 heterocycles. The SMILES string of the molecule is CCOC(=O)C1CCN(C(=O)C2C3C=C[C@]4(CN(c5ccc(OC)cc5)C(=O)C24)O3)CC1. The van der Waals surface area contributed by atoms with Crippen molar-refractivity contribution in [3.8, 4) is 5.75 Å². The molecule has 0 aromatic heterocycles. The van der Waals surface area contributed by atoms with E-state index in [0.717, 1.165) is 11.4 Å². The molecule has 0 radical (unpaired) electrons. The van der Waals surface area contributed by atoms with Crippen LogP contribution in [0, 0.1) is 17.8 Å². The second kappa shape index (κ2) is 7.92. The molecule has 5 rings (SSSR count). The van der Waals surface area contributed by atoms with Crippen molar-refractivity contribution < 1.29 is 28.6 Å². The number of nitrogens with zero attached hydrogens (tertiary/aromatic N) is 2. The van der Waals surface area contributed by atoms with Gasteiger partial charge in [-0.3, -0.25) is 14.4 Å². The quantitative estimate of drug-likeness (QED) is 0.513. The number of piperidine rings is 1. The van der Waals surface area contributed by atoms with Gasteiger partial charge in [0, 0.05) is 18.8 Å². The molecule has 8 heteroatoms. The lowest BCUT2D eigenvalue weighted by Crippen LogP contribution is -2.49. The number of hydrogen-bond donors (Lipinski definition) is 0. The summed E-state index contributed by atoms with van der Waals surface area (Å²) in [6.45, 7) is 3.53. The average Bonchev–Trinajstić information content (AvgIpc) is 3.47. The van der Waals surface area contributed by atoms with Crippen molar-refractivity contribution in [2.45, 2.75) is 31.5 Å². The maximum Gasteiger partial charge on any atom is 0.309 e. The number of rotatable bonds is 5. The Morgan fingerprint density at radius 2 is 1.91 bits per heavy atom. The summed E-state index contributed by atoms with van der Waals surface area (Å²) < 4.78 is 16.6. The molecule has 1 aromatic rings. The minimum Gasteiger partial charge on any atom is -0.497 e. The van der Waals surface area contributed by atoms with Crippen molar-refractivity contribution in [1.82, 2.24) is 4.90 Å². The average molecular weight is 440 g/mol. The number of benzene rings is 1. The third-order valence-corrected chi connectivity index (χ3v) is 7.20. The molecule has 3 unspecified atom stereocenters. The predicted octanol–water partition coefficient (Wildman–Crippen LogP) is 1.78. The molecule has 4 atom stereocenters. The fraction of sp³-hybridized carbons (Fsp3) is 0.542. The second-order valence-electron chi connectivity index (χ2n) is 8.87. The number of esters is 1. The van der Waals surface area contributed by atoms with Crippen molar-refractivity contribution in [2.24, 2.45) is 17.8 Å². The Bertz CT molecular complexity index is 952. The van der Waals surface area contributed by atoms with Crippen LogP contribution in [0.1, 0.15) is 19.8 Å². The monoisotopic (exact) mass is 440 g/mol. The predicted molar refractivity (Wildman–Crippen MR) is 115 cm³/mol. The van der Waals surface area contributed by atoms with Crippen LogP contribution in [0.5, 0.6) is 5.75 Å². The lowest BCUT2D eigenvalue weighted by atomic mass is 9.76. The Kier molecular flexibility index (Phi) is 5.20. The van der Waals surface area contributed by atoms with E-state index in [1.807, 2.05) is 36.4 Å². The maximum absolute atomic E-state index is 13.5. The van der Waals surface area contributed by atoms with E-state index in [9.17, 15) is 14.4 Å². The summed E-state index contributed by atoms with van der Waals surface area (Å²) in [5, 5.41) is 0. The fourth-order valence-electron chi connectivity index (χ4n) is 5.57. The van der Waals surface area contributed by atoms with E-state index in [2.05, 4.69) is 0 Å². The topological polar surface area (TPSA) is 85.4 Å². The lowest BCUT2D eigenvalue weighted by Gasteiger charge is -2.34. The third-order valence-electron chi connectivity index (χ3n) is 7.20. The largest absolute Gasteiger partial charge is 0.497 e. The van der Waals surface area contributed by atoms with Gasteiger partial charge in [-0.2, -0.15) is 0 Å². The zero-order valence-electron chi connectivity index (χ0n) is 18.4. The van der Waals surface area contributed by atoms with Gasteiger partial charge in [0.1, 0.15) is 11.4 Å². The van der Waals surface area contributed by atoms with E-state index in [1.54, 1.807) is 23.8 Å². The summed E-state index contributed by atoms with van der Waals surface area (Å²) in [4.78, 5) is 42.5. The van der Waals surface area contributed by atoms with Crippen LogP contribution >= 0.6 is 0 Å². The molecule has 170 valence electrons. The van der Waals surface area contributed by atoms with E-state index in [-0.39, 0.29) is 29.8 Å². The van der Waals surface area contributed by atoms with Crippen LogP contribution in [0.3, 0.4) is 0 Å². The highest BCUT2D eigenvalue weighted by atomic mass is 16.5. The van der Waals surface area contributed by atoms with E-state index in [4.69, 9.17) is 14.2 Å². The van der Waals surface area contributed by atoms with Gasteiger partial charge < -0.3 is 24.0 Å². The first-order valence-corrected chi connectivity index (χ1v) is 11.3. The van der Waals surface area contributed by atoms with Crippen LogP contribution in [0.25, 0.3) is 0 Å². The molecule has 3 saturated heterocycles. The van der Waals surface area contributed by atoms with Crippen LogP contribution in [0.4, 0.5) is 5.69 Å². The number of carbonyl (C=O) groups is 3. The number of likely N-dealkylation sites (tertiary alicyclic amines) is 1. The lowest BCUT2D eigenvalue weighted by molar-refractivity contribution is -0.152. The molecular formula is C24H28N2O6. The van der Waals surface area contributed by atoms with Crippen LogP contribution < -0.4 is 9.64 Å². The molecule has 32 heavy (non-hydrogen) atoms. The molecule has 4 aliphatic heterocycles. The van der Waals surface area contributed by atoms with Crippen molar-refractivity contribution in [1.29, 1.82) is 0 Å². The molecule has 2 bridgehead atoms. The van der Waals surface area contributed by atoms with Crippen molar-refractivity contribution >= 4 is 23.5 Å². The zero-order chi connectivity index (χ0) is 22.5. The van der Waals surface area contributed by atoms with Crippen molar-refractivity contribution in [3.63, 3.8) is 0 Å². The Morgan fingerprint density at radius 3 is 2.56 bits per heavy atom. The van der Waals surface area contributed by atoms with Gasteiger partial charge in [-0.25, -0.2) is 0 Å². The van der Waals surface area contributed by atoms with Gasteiger partial charge in [-0.15, -0.1) is 0 Å². The molecule has 0 N–H and O–H groups in total. The molecule has 0 saturated carbocycles. The smallest absolute Gasteiger partial charge is 0.309 e. The van der Waals surface area contributed by atoms with Crippen LogP contribution in [-0.2, 0) is 23.9 Å². The van der Waals surface area contributed by atoms with Crippen LogP contribution in [-0.4, -0.2) is 67.7 Å². The van der Waals surface area contributed by atoms with Gasteiger partial charge in [0.05, 0.1) is 44.1 Å². The van der Waals surface area contributed by atoms with Gasteiger partial charge in [0.25, 0.3) is 0 Å². The summed E-state index contributed by atoms with van der Waals surface area (Å²) in [7, 11) is 1.60. The standard InChI is InChI=1S/C24H28N2O6/c1-3-31-23(29)15-9-12-25(13-10-15)21(27)19-18-8-11-24(32-18)14-26(22(28)20(19)24)16-4-6-17(30-2)7-5-16/h4-8,11,15,18-20H,3,9-10,12-14H2,1-2H3/t18?,19?,20?,24-/m1/s1. The minimum atomic E-state index is -0.759. The first-order chi connectivity index (χ1) is 15.5. The molecule has 2 amide bonds. The van der Waals surface area contributed by atoms with Gasteiger partial charge in [0.15, 0.2) is 0 Å². The molecular weight excluding hydrogens is 412 g/mol. The van der Waals surface area contributed by atoms with E-state index >= 15 is 0 Å². The minimum absolute atomic E-state index is 0.0570. The van der Waals surface area contributed by atoms with E-state index in [1.165, 1.54) is 0 Å². The second-order valence-corrected chi connectivity index (χ2v) is 8.87. The number of anilines is 1. The Morgan fingerprint density at radius 1 is 1.19 bits per heavy atom. The van der Waals surface area contributed by atoms with Gasteiger partial charge >= 0.3 is 5.97 Å². The first kappa shape index (κ1) is 21.0. The Balaban J connectivity index is 1.32. The highest BCUT2D eigenvalue weighted by Gasteiger charge is 2.67. The number of methoxy groups -OCH3 is 1. The third kappa shape index (κ3) is 3.20. The van der Waals surface area contributed by atoms with Gasteiger partial charge in [0.2, 0.25) is 11.8 Å². The summed E-state index contributed by atoms with van der Waals surface area (Å²) in [6.07, 6.45) is 4.67. The summed E-state index contributed by atoms with van der Waals surface area (Å²) in [5.74, 6) is -0.842. The van der Waals surface area contributed by atoms with Crippen LogP contribution in [0.2, 0.25) is 0 Å². The molecule has 1 spiro atoms. The zero-order valence-corrected chi connectivity index (χ0v) is 18.4. The van der Waals surface area contributed by atoms with Crippen molar-refractivity contribution in [2.75, 3.05) is 38.3 Å².